The van der Waals surface area contributed by atoms with Crippen LogP contribution in [0.25, 0.3) is 0 Å². The van der Waals surface area contributed by atoms with Gasteiger partial charge in [-0.05, 0) is 10.4 Å². The lowest BCUT2D eigenvalue weighted by atomic mass is 10.4. The van der Waals surface area contributed by atoms with Crippen LogP contribution in [0.2, 0.25) is 0 Å². The van der Waals surface area contributed by atoms with Gasteiger partial charge in [-0.3, -0.25) is 4.79 Å². The molecule has 18 heavy (non-hydrogen) atoms. The van der Waals surface area contributed by atoms with Gasteiger partial charge in [0.15, 0.2) is 0 Å². The van der Waals surface area contributed by atoms with Crippen LogP contribution in [0, 0.1) is 0 Å². The molecule has 1 N–H and O–H groups in total. The van der Waals surface area contributed by atoms with E-state index in [0.717, 1.165) is 0 Å². The molecule has 1 fully saturated rings. The predicted octanol–water partition coefficient (Wildman–Crippen LogP) is -0.953. The number of esters is 1. The molecule has 9 nitrogen and oxygen atoms in total. The minimum atomic E-state index is -0.432. The van der Waals surface area contributed by atoms with Gasteiger partial charge in [0, 0.05) is 5.75 Å². The minimum absolute atomic E-state index is 0.0471. The summed E-state index contributed by atoms with van der Waals surface area (Å²) in [6, 6.07) is 0. The fraction of sp³-hybridized carbons (Fsp3) is 0.625. The lowest BCUT2D eigenvalue weighted by Gasteiger charge is -2.06. The monoisotopic (exact) mass is 273 g/mol. The zero-order valence-electron chi connectivity index (χ0n) is 9.53. The number of hydrogen-bond donors (Lipinski definition) is 1. The van der Waals surface area contributed by atoms with Gasteiger partial charge in [-0.25, -0.2) is 9.48 Å². The first-order valence-electron chi connectivity index (χ1n) is 5.09. The van der Waals surface area contributed by atoms with E-state index in [1.807, 2.05) is 0 Å². The summed E-state index contributed by atoms with van der Waals surface area (Å²) >= 11 is 1.31. The van der Waals surface area contributed by atoms with E-state index in [4.69, 9.17) is 4.74 Å². The summed E-state index contributed by atoms with van der Waals surface area (Å²) < 4.78 is 10.8. The van der Waals surface area contributed by atoms with Gasteiger partial charge < -0.3 is 14.8 Å². The van der Waals surface area contributed by atoms with Gasteiger partial charge in [0.1, 0.15) is 12.6 Å². The molecule has 2 rings (SSSR count). The number of alkyl carbamates (subject to hydrolysis) is 1. The minimum Gasteiger partial charge on any atom is -0.468 e. The number of cyclic esters (lactones) is 1. The number of amides is 1. The Bertz CT molecular complexity index is 450. The van der Waals surface area contributed by atoms with Crippen molar-refractivity contribution in [2.45, 2.75) is 17.8 Å². The standard InChI is InChI=1S/C8H11N5O4S/c1-16-6(14)3-13-7(10-11-12-13)18-4-5-2-9-8(15)17-5/h5H,2-4H2,1H3,(H,9,15). The molecule has 1 unspecified atom stereocenters. The Balaban J connectivity index is 1.87. The summed E-state index contributed by atoms with van der Waals surface area (Å²) in [6.45, 7) is 0.416. The molecule has 0 aliphatic carbocycles. The first-order chi connectivity index (χ1) is 8.69. The summed E-state index contributed by atoms with van der Waals surface area (Å²) in [4.78, 5) is 21.9. The molecule has 0 radical (unpaired) electrons. The summed E-state index contributed by atoms with van der Waals surface area (Å²) in [5.41, 5.74) is 0. The van der Waals surface area contributed by atoms with Gasteiger partial charge in [-0.2, -0.15) is 0 Å². The van der Waals surface area contributed by atoms with Gasteiger partial charge in [-0.15, -0.1) is 5.10 Å². The van der Waals surface area contributed by atoms with E-state index < -0.39 is 12.1 Å². The zero-order valence-corrected chi connectivity index (χ0v) is 10.3. The maximum Gasteiger partial charge on any atom is 0.407 e. The summed E-state index contributed by atoms with van der Waals surface area (Å²) in [6.07, 6.45) is -0.638. The van der Waals surface area contributed by atoms with Crippen LogP contribution in [0.1, 0.15) is 0 Å². The van der Waals surface area contributed by atoms with E-state index >= 15 is 0 Å². The van der Waals surface area contributed by atoms with Gasteiger partial charge in [-0.1, -0.05) is 11.8 Å². The van der Waals surface area contributed by atoms with Crippen LogP contribution in [0.4, 0.5) is 4.79 Å². The molecule has 2 heterocycles. The number of rotatable bonds is 5. The van der Waals surface area contributed by atoms with Gasteiger partial charge in [0.25, 0.3) is 0 Å². The molecule has 0 saturated carbocycles. The number of aromatic nitrogens is 4. The number of nitrogens with one attached hydrogen (secondary N) is 1. The Labute approximate surface area is 106 Å². The van der Waals surface area contributed by atoms with E-state index in [1.165, 1.54) is 23.6 Å². The fourth-order valence-corrected chi connectivity index (χ4v) is 2.14. The van der Waals surface area contributed by atoms with E-state index in [2.05, 4.69) is 25.6 Å². The first kappa shape index (κ1) is 12.6. The average Bonchev–Trinajstić information content (AvgIpc) is 2.96. The van der Waals surface area contributed by atoms with Gasteiger partial charge in [0.05, 0.1) is 13.7 Å². The second-order valence-corrected chi connectivity index (χ2v) is 4.40. The van der Waals surface area contributed by atoms with Crippen molar-refractivity contribution in [3.63, 3.8) is 0 Å². The quantitative estimate of drug-likeness (QED) is 0.540. The number of hydrogen-bond acceptors (Lipinski definition) is 8. The fourth-order valence-electron chi connectivity index (χ4n) is 1.28. The van der Waals surface area contributed by atoms with Gasteiger partial charge in [0.2, 0.25) is 5.16 Å². The molecule has 1 atom stereocenters. The van der Waals surface area contributed by atoms with Crippen LogP contribution in [-0.4, -0.2) is 57.8 Å². The van der Waals surface area contributed by atoms with Crippen LogP contribution < -0.4 is 5.32 Å². The highest BCUT2D eigenvalue weighted by atomic mass is 32.2. The Morgan fingerprint density at radius 3 is 3.22 bits per heavy atom. The Kier molecular flexibility index (Phi) is 3.97. The summed E-state index contributed by atoms with van der Waals surface area (Å²) in [7, 11) is 1.29. The highest BCUT2D eigenvalue weighted by Crippen LogP contribution is 2.17. The Morgan fingerprint density at radius 2 is 2.56 bits per heavy atom. The molecule has 1 saturated heterocycles. The average molecular weight is 273 g/mol. The number of thioether (sulfide) groups is 1. The smallest absolute Gasteiger partial charge is 0.407 e. The lowest BCUT2D eigenvalue weighted by Crippen LogP contribution is -2.18. The van der Waals surface area contributed by atoms with E-state index in [1.54, 1.807) is 0 Å². The molecule has 1 aliphatic rings. The molecular weight excluding hydrogens is 262 g/mol. The normalized spacial score (nSPS) is 18.3. The van der Waals surface area contributed by atoms with E-state index in [0.29, 0.717) is 17.5 Å². The van der Waals surface area contributed by atoms with Crippen molar-refractivity contribution < 1.29 is 19.1 Å². The van der Waals surface area contributed by atoms with Crippen molar-refractivity contribution in [2.24, 2.45) is 0 Å². The summed E-state index contributed by atoms with van der Waals surface area (Å²) in [5, 5.41) is 14.0. The molecular formula is C8H11N5O4S. The van der Waals surface area contributed by atoms with Gasteiger partial charge >= 0.3 is 12.1 Å². The van der Waals surface area contributed by atoms with Crippen LogP contribution >= 0.6 is 11.8 Å². The third-order valence-corrected chi connectivity index (χ3v) is 3.24. The number of tetrazole rings is 1. The number of methoxy groups -OCH3 is 1. The topological polar surface area (TPSA) is 108 Å². The molecule has 98 valence electrons. The van der Waals surface area contributed by atoms with Crippen LogP contribution in [0.3, 0.4) is 0 Å². The van der Waals surface area contributed by atoms with Crippen LogP contribution in [-0.2, 0) is 20.8 Å². The molecule has 0 aromatic carbocycles. The number of carbonyl (C=O) groups is 2. The second kappa shape index (κ2) is 5.67. The maximum atomic E-state index is 11.1. The molecule has 10 heteroatoms. The summed E-state index contributed by atoms with van der Waals surface area (Å²) in [5.74, 6) is 0.0819. The molecule has 0 spiro atoms. The first-order valence-corrected chi connectivity index (χ1v) is 6.08. The van der Waals surface area contributed by atoms with Crippen molar-refractivity contribution in [1.82, 2.24) is 25.5 Å². The maximum absolute atomic E-state index is 11.1. The molecule has 1 amide bonds. The molecule has 1 aromatic heterocycles. The third-order valence-electron chi connectivity index (χ3n) is 2.15. The molecule has 0 bridgehead atoms. The number of ether oxygens (including phenoxy) is 2. The van der Waals surface area contributed by atoms with Crippen LogP contribution in [0.15, 0.2) is 5.16 Å². The predicted molar refractivity (Wildman–Crippen MR) is 58.8 cm³/mol. The van der Waals surface area contributed by atoms with Crippen molar-refractivity contribution >= 4 is 23.8 Å². The zero-order chi connectivity index (χ0) is 13.0. The highest BCUT2D eigenvalue weighted by Gasteiger charge is 2.23. The Morgan fingerprint density at radius 1 is 1.72 bits per heavy atom. The lowest BCUT2D eigenvalue weighted by molar-refractivity contribution is -0.141. The van der Waals surface area contributed by atoms with Crippen molar-refractivity contribution in [1.29, 1.82) is 0 Å². The van der Waals surface area contributed by atoms with Crippen molar-refractivity contribution in [3.05, 3.63) is 0 Å². The highest BCUT2D eigenvalue weighted by molar-refractivity contribution is 7.99. The van der Waals surface area contributed by atoms with E-state index in [-0.39, 0.29) is 12.6 Å². The number of nitrogens with zero attached hydrogens (tertiary/aromatic N) is 4. The second-order valence-electron chi connectivity index (χ2n) is 3.41. The molecule has 1 aromatic rings. The third kappa shape index (κ3) is 3.09. The SMILES string of the molecule is COC(=O)Cn1nnnc1SCC1CNC(=O)O1. The van der Waals surface area contributed by atoms with Crippen molar-refractivity contribution in [2.75, 3.05) is 19.4 Å². The van der Waals surface area contributed by atoms with Crippen molar-refractivity contribution in [3.8, 4) is 0 Å². The Hall–Kier alpha value is -1.84. The molecule has 1 aliphatic heterocycles. The number of carbonyl (C=O) groups excluding carboxylic acids is 2. The largest absolute Gasteiger partial charge is 0.468 e. The van der Waals surface area contributed by atoms with E-state index in [9.17, 15) is 9.59 Å². The van der Waals surface area contributed by atoms with Crippen LogP contribution in [0.5, 0.6) is 0 Å².